The molecule has 3 aliphatic rings. The minimum atomic E-state index is -0.875. The molecule has 3 atom stereocenters. The first-order valence-electron chi connectivity index (χ1n) is 14.1. The van der Waals surface area contributed by atoms with Crippen LogP contribution in [0.2, 0.25) is 0 Å². The van der Waals surface area contributed by atoms with Gasteiger partial charge in [0.15, 0.2) is 5.78 Å². The molecule has 5 heterocycles. The maximum Gasteiger partial charge on any atom is 2.00 e. The monoisotopic (exact) mass is 572 g/mol. The third kappa shape index (κ3) is 4.45. The number of aldehydes is 1. The second-order valence-corrected chi connectivity index (χ2v) is 11.4. The van der Waals surface area contributed by atoms with Crippen molar-refractivity contribution in [2.24, 2.45) is 17.8 Å². The molecule has 3 aromatic rings. The zero-order valence-electron chi connectivity index (χ0n) is 24.8. The Hall–Kier alpha value is -3.56. The molecule has 42 heavy (non-hydrogen) atoms. The molecule has 0 aromatic carbocycles. The van der Waals surface area contributed by atoms with Gasteiger partial charge in [-0.25, -0.2) is 0 Å². The minimum absolute atomic E-state index is 0. The summed E-state index contributed by atoms with van der Waals surface area (Å²) in [7, 11) is 0. The van der Waals surface area contributed by atoms with Gasteiger partial charge in [0.05, 0.1) is 0 Å². The molecule has 1 aliphatic carbocycles. The molecule has 0 spiro atoms. The van der Waals surface area contributed by atoms with Gasteiger partial charge in [-0.2, -0.15) is 11.4 Å². The predicted molar refractivity (Wildman–Crippen MR) is 162 cm³/mol. The SMILES string of the molecule is CCc1c(C)/c2[n-]/c1=C\c1[n-]c3c(c1C)C(=O)[C@H](C)/C3=C1/[N-]/C(=C\c3[n-]c(c(C=O)c3C)\C=2)[C@@H](C)[C@@H]1CCC(=O)O.[Mg+2]. The number of aliphatic carboxylic acids is 1. The van der Waals surface area contributed by atoms with Crippen LogP contribution in [0.15, 0.2) is 11.4 Å². The summed E-state index contributed by atoms with van der Waals surface area (Å²) in [6, 6.07) is 0. The van der Waals surface area contributed by atoms with E-state index in [-0.39, 0.29) is 47.1 Å². The van der Waals surface area contributed by atoms with Crippen molar-refractivity contribution in [3.63, 3.8) is 0 Å². The van der Waals surface area contributed by atoms with Crippen LogP contribution < -0.4 is 25.7 Å². The van der Waals surface area contributed by atoms with Gasteiger partial charge in [-0.3, -0.25) is 14.4 Å². The number of Topliss-reactive ketones (excluding diaryl/α,β-unsaturated/α-hetero) is 1. The number of fused-ring (bicyclic) bond motifs is 7. The van der Waals surface area contributed by atoms with E-state index in [0.717, 1.165) is 62.6 Å². The summed E-state index contributed by atoms with van der Waals surface area (Å²) >= 11 is 0. The summed E-state index contributed by atoms with van der Waals surface area (Å²) in [6.07, 6.45) is 7.67. The Kier molecular flexibility index (Phi) is 7.78. The van der Waals surface area contributed by atoms with Crippen molar-refractivity contribution in [1.82, 2.24) is 15.0 Å². The van der Waals surface area contributed by atoms with Gasteiger partial charge in [-0.1, -0.05) is 66.8 Å². The van der Waals surface area contributed by atoms with E-state index in [4.69, 9.17) is 20.3 Å². The quantitative estimate of drug-likeness (QED) is 0.366. The fourth-order valence-corrected chi connectivity index (χ4v) is 6.69. The van der Waals surface area contributed by atoms with Gasteiger partial charge in [-0.05, 0) is 45.4 Å². The first kappa shape index (κ1) is 29.9. The van der Waals surface area contributed by atoms with Crippen LogP contribution in [-0.2, 0) is 11.2 Å². The molecule has 1 saturated heterocycles. The number of allylic oxidation sites excluding steroid dienone is 3. The van der Waals surface area contributed by atoms with Gasteiger partial charge in [0, 0.05) is 23.5 Å². The maximum absolute atomic E-state index is 13.6. The summed E-state index contributed by atoms with van der Waals surface area (Å²) in [5.41, 5.74) is 9.61. The number of carbonyl (C=O) groups excluding carboxylic acids is 2. The van der Waals surface area contributed by atoms with Crippen molar-refractivity contribution in [3.05, 3.63) is 83.6 Å². The molecule has 0 radical (unpaired) electrons. The molecule has 9 heteroatoms. The van der Waals surface area contributed by atoms with Crippen molar-refractivity contribution in [2.75, 3.05) is 0 Å². The van der Waals surface area contributed by atoms with Crippen LogP contribution in [-0.4, -0.2) is 46.2 Å². The largest absolute Gasteiger partial charge is 2.00 e. The summed E-state index contributed by atoms with van der Waals surface area (Å²) in [5.74, 6) is -1.61. The number of carboxylic acid groups (broad SMARTS) is 1. The second kappa shape index (κ2) is 10.9. The van der Waals surface area contributed by atoms with E-state index in [2.05, 4.69) is 6.92 Å². The Labute approximate surface area is 260 Å². The maximum atomic E-state index is 13.6. The van der Waals surface area contributed by atoms with Crippen molar-refractivity contribution in [1.29, 1.82) is 0 Å². The number of hydrogen-bond acceptors (Lipinski definition) is 3. The van der Waals surface area contributed by atoms with Crippen LogP contribution in [0.25, 0.3) is 29.1 Å². The van der Waals surface area contributed by atoms with E-state index in [9.17, 15) is 19.5 Å². The molecule has 3 aromatic heterocycles. The molecular weight excluding hydrogens is 541 g/mol. The molecule has 8 nitrogen and oxygen atoms in total. The summed E-state index contributed by atoms with van der Waals surface area (Å²) < 4.78 is 0. The van der Waals surface area contributed by atoms with Gasteiger partial charge in [0.25, 0.3) is 0 Å². The van der Waals surface area contributed by atoms with E-state index in [1.165, 1.54) is 0 Å². The Morgan fingerprint density at radius 2 is 1.64 bits per heavy atom. The van der Waals surface area contributed by atoms with Crippen molar-refractivity contribution < 1.29 is 19.5 Å². The Morgan fingerprint density at radius 1 is 0.952 bits per heavy atom. The molecule has 0 amide bonds. The zero-order valence-corrected chi connectivity index (χ0v) is 26.2. The predicted octanol–water partition coefficient (Wildman–Crippen LogP) is 3.54. The molecule has 0 saturated carbocycles. The third-order valence-electron chi connectivity index (χ3n) is 9.17. The van der Waals surface area contributed by atoms with Crippen LogP contribution in [0.1, 0.15) is 99.4 Å². The van der Waals surface area contributed by atoms with Crippen molar-refractivity contribution >= 4 is 64.9 Å². The zero-order chi connectivity index (χ0) is 29.3. The summed E-state index contributed by atoms with van der Waals surface area (Å²) in [4.78, 5) is 52.2. The topological polar surface area (TPSA) is 128 Å². The number of nitrogens with zero attached hydrogens (tertiary/aromatic N) is 4. The van der Waals surface area contributed by atoms with Crippen LogP contribution in [0.4, 0.5) is 0 Å². The fraction of sp³-hybridized carbons (Fsp3) is 0.364. The normalized spacial score (nSPS) is 25.0. The number of carboxylic acids is 1. The first-order chi connectivity index (χ1) is 19.5. The summed E-state index contributed by atoms with van der Waals surface area (Å²) in [6.45, 7) is 11.8. The molecule has 8 bridgehead atoms. The van der Waals surface area contributed by atoms with E-state index < -0.39 is 11.9 Å². The van der Waals surface area contributed by atoms with Gasteiger partial charge in [0.1, 0.15) is 6.29 Å². The second-order valence-electron chi connectivity index (χ2n) is 11.4. The molecule has 2 aliphatic heterocycles. The number of hydrogen-bond donors (Lipinski definition) is 1. The van der Waals surface area contributed by atoms with Gasteiger partial charge < -0.3 is 25.4 Å². The van der Waals surface area contributed by atoms with E-state index in [0.29, 0.717) is 40.3 Å². The van der Waals surface area contributed by atoms with E-state index >= 15 is 0 Å². The third-order valence-corrected chi connectivity index (χ3v) is 9.17. The Morgan fingerprint density at radius 3 is 2.31 bits per heavy atom. The van der Waals surface area contributed by atoms with Crippen LogP contribution >= 0.6 is 0 Å². The summed E-state index contributed by atoms with van der Waals surface area (Å²) in [5, 5.41) is 16.1. The van der Waals surface area contributed by atoms with Crippen molar-refractivity contribution in [2.45, 2.75) is 60.8 Å². The van der Waals surface area contributed by atoms with Gasteiger partial charge in [-0.15, -0.1) is 33.5 Å². The van der Waals surface area contributed by atoms with E-state index in [1.807, 2.05) is 52.8 Å². The molecule has 1 N–H and O–H groups in total. The standard InChI is InChI=1S/C33H35N4O4.Mg/c1-7-19-14(2)23-11-27-21(13-38)16(4)22(35-27)10-24-15(3)20(8-9-28(39)40)31(36-24)29-18(6)33(41)30-17(5)25(37-32(29)30)12-26(19)34-23;/h10-13,15,18,20H,7-9H2,1-6H3,(H4-,34,35,36,37,38,39,40,41);/q-1;+2/p-3/b24-10-;/t15-,18+,20-;/m0./s1. The molecule has 212 valence electrons. The number of ketones is 1. The Balaban J connectivity index is 0.00000353. The van der Waals surface area contributed by atoms with Gasteiger partial charge >= 0.3 is 29.0 Å². The average Bonchev–Trinajstić information content (AvgIpc) is 3.65. The molecular formula is C33H32MgN4O4-2. The minimum Gasteiger partial charge on any atom is -0.664 e. The van der Waals surface area contributed by atoms with Crippen LogP contribution in [0.5, 0.6) is 0 Å². The van der Waals surface area contributed by atoms with Crippen LogP contribution in [0, 0.1) is 38.5 Å². The van der Waals surface area contributed by atoms with Gasteiger partial charge in [0.2, 0.25) is 0 Å². The van der Waals surface area contributed by atoms with Crippen molar-refractivity contribution in [3.8, 4) is 0 Å². The first-order valence-corrected chi connectivity index (χ1v) is 14.1. The van der Waals surface area contributed by atoms with Crippen LogP contribution in [0.3, 0.4) is 0 Å². The molecule has 1 fully saturated rings. The molecule has 0 unspecified atom stereocenters. The number of aromatic nitrogens is 3. The fourth-order valence-electron chi connectivity index (χ4n) is 6.69. The number of carbonyl (C=O) groups is 3. The average molecular weight is 573 g/mol. The molecule has 6 rings (SSSR count). The van der Waals surface area contributed by atoms with E-state index in [1.54, 1.807) is 0 Å². The number of rotatable bonds is 5. The smallest absolute Gasteiger partial charge is 0.664 e. The Bertz CT molecular complexity index is 1850.